The molecule has 0 aliphatic carbocycles. The first-order valence-electron chi connectivity index (χ1n) is 6.58. The van der Waals surface area contributed by atoms with Crippen molar-refractivity contribution in [1.29, 1.82) is 0 Å². The Hall–Kier alpha value is -1.24. The van der Waals surface area contributed by atoms with Crippen molar-refractivity contribution < 1.29 is 26.3 Å². The molecule has 0 spiro atoms. The van der Waals surface area contributed by atoms with E-state index in [1.165, 1.54) is 12.1 Å². The summed E-state index contributed by atoms with van der Waals surface area (Å²) in [5, 5.41) is 2.88. The van der Waals surface area contributed by atoms with Gasteiger partial charge in [0.1, 0.15) is 0 Å². The van der Waals surface area contributed by atoms with Crippen LogP contribution in [0.15, 0.2) is 24.3 Å². The van der Waals surface area contributed by atoms with Gasteiger partial charge in [-0.25, -0.2) is 0 Å². The minimum absolute atomic E-state index is 0.133. The van der Waals surface area contributed by atoms with Crippen LogP contribution in [0.2, 0.25) is 0 Å². The average Bonchev–Trinajstić information content (AvgIpc) is 2.35. The zero-order chi connectivity index (χ0) is 16.1. The van der Waals surface area contributed by atoms with Crippen LogP contribution in [0.3, 0.4) is 0 Å². The highest BCUT2D eigenvalue weighted by atomic mass is 19.4. The van der Waals surface area contributed by atoms with Gasteiger partial charge in [0.15, 0.2) is 0 Å². The van der Waals surface area contributed by atoms with Crippen LogP contribution in [-0.2, 0) is 12.6 Å². The molecule has 0 aliphatic rings. The number of halogens is 6. The normalized spacial score (nSPS) is 14.2. The van der Waals surface area contributed by atoms with Gasteiger partial charge in [-0.2, -0.15) is 26.3 Å². The van der Waals surface area contributed by atoms with Crippen molar-refractivity contribution in [2.75, 3.05) is 6.54 Å². The molecular formula is C14H17F6N. The first-order chi connectivity index (χ1) is 9.62. The largest absolute Gasteiger partial charge is 0.416 e. The van der Waals surface area contributed by atoms with Crippen LogP contribution in [0.4, 0.5) is 26.3 Å². The van der Waals surface area contributed by atoms with E-state index >= 15 is 0 Å². The Balaban J connectivity index is 2.75. The lowest BCUT2D eigenvalue weighted by Crippen LogP contribution is -2.32. The van der Waals surface area contributed by atoms with Crippen LogP contribution in [0.25, 0.3) is 0 Å². The highest BCUT2D eigenvalue weighted by Crippen LogP contribution is 2.30. The van der Waals surface area contributed by atoms with Gasteiger partial charge in [-0.1, -0.05) is 25.1 Å². The standard InChI is InChI=1S/C14H17F6N/c1-2-21-12(6-7-13(15,16)17)9-10-4-3-5-11(8-10)14(18,19)20/h3-5,8,12,21H,2,6-7,9H2,1H3. The smallest absolute Gasteiger partial charge is 0.314 e. The Bertz CT molecular complexity index is 438. The van der Waals surface area contributed by atoms with Crippen LogP contribution in [0, 0.1) is 0 Å². The molecule has 120 valence electrons. The van der Waals surface area contributed by atoms with Crippen molar-refractivity contribution in [3.63, 3.8) is 0 Å². The average molecular weight is 313 g/mol. The molecule has 1 aromatic carbocycles. The number of alkyl halides is 6. The molecule has 0 heterocycles. The van der Waals surface area contributed by atoms with Gasteiger partial charge < -0.3 is 5.32 Å². The number of rotatable bonds is 6. The van der Waals surface area contributed by atoms with Crippen molar-refractivity contribution in [2.24, 2.45) is 0 Å². The zero-order valence-electron chi connectivity index (χ0n) is 11.5. The monoisotopic (exact) mass is 313 g/mol. The fourth-order valence-corrected chi connectivity index (χ4v) is 2.06. The Labute approximate surface area is 119 Å². The number of hydrogen-bond donors (Lipinski definition) is 1. The third-order valence-electron chi connectivity index (χ3n) is 3.01. The second-order valence-corrected chi connectivity index (χ2v) is 4.81. The number of likely N-dealkylation sites (N-methyl/N-ethyl adjacent to an activating group) is 1. The molecule has 7 heteroatoms. The van der Waals surface area contributed by atoms with Gasteiger partial charge in [-0.05, 0) is 31.0 Å². The van der Waals surface area contributed by atoms with E-state index in [2.05, 4.69) is 5.32 Å². The molecule has 1 atom stereocenters. The zero-order valence-corrected chi connectivity index (χ0v) is 11.5. The molecule has 0 fully saturated rings. The fraction of sp³-hybridized carbons (Fsp3) is 0.571. The first-order valence-corrected chi connectivity index (χ1v) is 6.58. The van der Waals surface area contributed by atoms with Crippen LogP contribution in [0.5, 0.6) is 0 Å². The molecule has 0 aromatic heterocycles. The van der Waals surface area contributed by atoms with Crippen molar-refractivity contribution >= 4 is 0 Å². The maximum absolute atomic E-state index is 12.6. The van der Waals surface area contributed by atoms with Gasteiger partial charge in [0.25, 0.3) is 0 Å². The summed E-state index contributed by atoms with van der Waals surface area (Å²) in [4.78, 5) is 0. The van der Waals surface area contributed by atoms with Crippen LogP contribution >= 0.6 is 0 Å². The molecule has 0 radical (unpaired) electrons. The van der Waals surface area contributed by atoms with Gasteiger partial charge >= 0.3 is 12.4 Å². The van der Waals surface area contributed by atoms with E-state index in [1.807, 2.05) is 0 Å². The number of benzene rings is 1. The Kier molecular flexibility index (Phi) is 6.07. The van der Waals surface area contributed by atoms with Gasteiger partial charge in [0.05, 0.1) is 5.56 Å². The van der Waals surface area contributed by atoms with Crippen molar-refractivity contribution in [3.8, 4) is 0 Å². The predicted octanol–water partition coefficient (Wildman–Crippen LogP) is 4.57. The number of nitrogens with one attached hydrogen (secondary N) is 1. The molecule has 1 unspecified atom stereocenters. The highest BCUT2D eigenvalue weighted by molar-refractivity contribution is 5.26. The molecule has 0 saturated heterocycles. The molecule has 0 amide bonds. The van der Waals surface area contributed by atoms with E-state index in [-0.39, 0.29) is 12.8 Å². The third-order valence-corrected chi connectivity index (χ3v) is 3.01. The maximum atomic E-state index is 12.6. The SMILES string of the molecule is CCNC(CCC(F)(F)F)Cc1cccc(C(F)(F)F)c1. The summed E-state index contributed by atoms with van der Waals surface area (Å²) < 4.78 is 74.5. The summed E-state index contributed by atoms with van der Waals surface area (Å²) in [6.07, 6.45) is -9.69. The highest BCUT2D eigenvalue weighted by Gasteiger charge is 2.31. The fourth-order valence-electron chi connectivity index (χ4n) is 2.06. The summed E-state index contributed by atoms with van der Waals surface area (Å²) in [5.74, 6) is 0. The van der Waals surface area contributed by atoms with Crippen LogP contribution < -0.4 is 5.32 Å². The lowest BCUT2D eigenvalue weighted by Gasteiger charge is -2.19. The molecule has 1 aromatic rings. The summed E-state index contributed by atoms with van der Waals surface area (Å²) >= 11 is 0. The quantitative estimate of drug-likeness (QED) is 0.759. The third kappa shape index (κ3) is 6.84. The van der Waals surface area contributed by atoms with Crippen molar-refractivity contribution in [2.45, 2.75) is 44.6 Å². The first kappa shape index (κ1) is 17.8. The van der Waals surface area contributed by atoms with E-state index in [4.69, 9.17) is 0 Å². The second-order valence-electron chi connectivity index (χ2n) is 4.81. The summed E-state index contributed by atoms with van der Waals surface area (Å²) in [5.41, 5.74) is -0.413. The topological polar surface area (TPSA) is 12.0 Å². The van der Waals surface area contributed by atoms with Gasteiger partial charge in [0.2, 0.25) is 0 Å². The minimum atomic E-state index is -4.45. The molecule has 0 saturated carbocycles. The van der Waals surface area contributed by atoms with Gasteiger partial charge in [-0.15, -0.1) is 0 Å². The lowest BCUT2D eigenvalue weighted by molar-refractivity contribution is -0.137. The number of hydrogen-bond acceptors (Lipinski definition) is 1. The minimum Gasteiger partial charge on any atom is -0.314 e. The van der Waals surface area contributed by atoms with Crippen molar-refractivity contribution in [1.82, 2.24) is 5.32 Å². The van der Waals surface area contributed by atoms with Gasteiger partial charge in [-0.3, -0.25) is 0 Å². The predicted molar refractivity (Wildman–Crippen MR) is 67.9 cm³/mol. The van der Waals surface area contributed by atoms with E-state index in [9.17, 15) is 26.3 Å². The van der Waals surface area contributed by atoms with E-state index < -0.39 is 30.4 Å². The Morgan fingerprint density at radius 3 is 2.29 bits per heavy atom. The van der Waals surface area contributed by atoms with Crippen LogP contribution in [0.1, 0.15) is 30.9 Å². The van der Waals surface area contributed by atoms with Crippen molar-refractivity contribution in [3.05, 3.63) is 35.4 Å². The molecular weight excluding hydrogens is 296 g/mol. The lowest BCUT2D eigenvalue weighted by atomic mass is 10.00. The van der Waals surface area contributed by atoms with Gasteiger partial charge in [0, 0.05) is 12.5 Å². The second kappa shape index (κ2) is 7.15. The molecule has 21 heavy (non-hydrogen) atoms. The molecule has 1 rings (SSSR count). The van der Waals surface area contributed by atoms with E-state index in [1.54, 1.807) is 6.92 Å². The molecule has 1 nitrogen and oxygen atoms in total. The Morgan fingerprint density at radius 1 is 1.10 bits per heavy atom. The summed E-state index contributed by atoms with van der Waals surface area (Å²) in [6.45, 7) is 2.20. The van der Waals surface area contributed by atoms with Crippen LogP contribution in [-0.4, -0.2) is 18.8 Å². The summed E-state index contributed by atoms with van der Waals surface area (Å²) in [7, 11) is 0. The van der Waals surface area contributed by atoms with E-state index in [0.717, 1.165) is 12.1 Å². The molecule has 1 N–H and O–H groups in total. The molecule has 0 aliphatic heterocycles. The maximum Gasteiger partial charge on any atom is 0.416 e. The Morgan fingerprint density at radius 2 is 1.76 bits per heavy atom. The summed E-state index contributed by atoms with van der Waals surface area (Å²) in [6, 6.07) is 4.19. The molecule has 0 bridgehead atoms. The van der Waals surface area contributed by atoms with E-state index in [0.29, 0.717) is 12.1 Å².